The number of aromatic nitrogens is 2. The number of halogens is 2. The van der Waals surface area contributed by atoms with Crippen molar-refractivity contribution in [2.24, 2.45) is 5.92 Å². The lowest BCUT2D eigenvalue weighted by atomic mass is 9.86. The largest absolute Gasteiger partial charge is 0.365 e. The van der Waals surface area contributed by atoms with Crippen molar-refractivity contribution in [3.05, 3.63) is 46.1 Å². The summed E-state index contributed by atoms with van der Waals surface area (Å²) in [6, 6.07) is 4.33. The number of ether oxygens (including phenoxy) is 1. The minimum absolute atomic E-state index is 0.00653. The average Bonchev–Trinajstić information content (AvgIpc) is 2.86. The highest BCUT2D eigenvalue weighted by Crippen LogP contribution is 2.32. The summed E-state index contributed by atoms with van der Waals surface area (Å²) in [4.78, 5) is 7.22. The maximum atomic E-state index is 13.5. The second kappa shape index (κ2) is 7.05. The van der Waals surface area contributed by atoms with Gasteiger partial charge in [0.05, 0.1) is 17.3 Å². The third-order valence-corrected chi connectivity index (χ3v) is 5.82. The molecule has 1 saturated carbocycles. The van der Waals surface area contributed by atoms with Gasteiger partial charge in [0.25, 0.3) is 0 Å². The molecule has 136 valence electrons. The highest BCUT2D eigenvalue weighted by molar-refractivity contribution is 7.90. The summed E-state index contributed by atoms with van der Waals surface area (Å²) in [5, 5.41) is -0.0192. The standard InChI is InChI=1S/C17H20ClFN2O3S/c1-10-17(25(2,22)23)21-16(20-10)15(24-9-11-4-3-5-11)12-6-7-14(19)13(18)8-12/h6-8,11,15H,3-5,9H2,1-2H3,(H,20,21). The quantitative estimate of drug-likeness (QED) is 0.819. The van der Waals surface area contributed by atoms with E-state index >= 15 is 0 Å². The smallest absolute Gasteiger partial charge is 0.194 e. The van der Waals surface area contributed by atoms with Crippen molar-refractivity contribution in [3.8, 4) is 0 Å². The van der Waals surface area contributed by atoms with Gasteiger partial charge < -0.3 is 9.72 Å². The van der Waals surface area contributed by atoms with Gasteiger partial charge in [-0.25, -0.2) is 17.8 Å². The molecule has 1 aliphatic carbocycles. The molecule has 0 saturated heterocycles. The Hall–Kier alpha value is -1.44. The number of hydrogen-bond acceptors (Lipinski definition) is 4. The molecule has 1 aromatic heterocycles. The molecule has 1 atom stereocenters. The normalized spacial score (nSPS) is 16.6. The van der Waals surface area contributed by atoms with E-state index in [1.165, 1.54) is 18.6 Å². The first-order valence-electron chi connectivity index (χ1n) is 8.09. The molecule has 2 aromatic rings. The van der Waals surface area contributed by atoms with E-state index in [2.05, 4.69) is 9.97 Å². The van der Waals surface area contributed by atoms with E-state index in [0.29, 0.717) is 29.6 Å². The average molecular weight is 387 g/mol. The number of H-pyrrole nitrogens is 1. The van der Waals surface area contributed by atoms with E-state index in [-0.39, 0.29) is 10.0 Å². The number of sulfone groups is 1. The lowest BCUT2D eigenvalue weighted by molar-refractivity contribution is 0.0262. The van der Waals surface area contributed by atoms with Gasteiger partial charge in [-0.15, -0.1) is 0 Å². The molecule has 1 heterocycles. The van der Waals surface area contributed by atoms with Crippen LogP contribution in [0.2, 0.25) is 5.02 Å². The second-order valence-corrected chi connectivity index (χ2v) is 8.85. The van der Waals surface area contributed by atoms with Crippen LogP contribution >= 0.6 is 11.6 Å². The Bertz CT molecular complexity index is 878. The SMILES string of the molecule is Cc1[nH]c(C(OCC2CCC2)c2ccc(F)c(Cl)c2)nc1S(C)(=O)=O. The fourth-order valence-electron chi connectivity index (χ4n) is 2.85. The minimum atomic E-state index is -3.45. The number of imidazole rings is 1. The maximum Gasteiger partial charge on any atom is 0.194 e. The van der Waals surface area contributed by atoms with Crippen molar-refractivity contribution < 1.29 is 17.5 Å². The molecule has 1 N–H and O–H groups in total. The van der Waals surface area contributed by atoms with Gasteiger partial charge in [-0.1, -0.05) is 24.1 Å². The number of rotatable bonds is 6. The Morgan fingerprint density at radius 2 is 2.16 bits per heavy atom. The molecule has 0 spiro atoms. The number of aromatic amines is 1. The monoisotopic (exact) mass is 386 g/mol. The van der Waals surface area contributed by atoms with Crippen molar-refractivity contribution in [2.75, 3.05) is 12.9 Å². The van der Waals surface area contributed by atoms with Gasteiger partial charge in [-0.2, -0.15) is 0 Å². The number of nitrogens with zero attached hydrogens (tertiary/aromatic N) is 1. The molecule has 25 heavy (non-hydrogen) atoms. The van der Waals surface area contributed by atoms with Crippen LogP contribution in [0, 0.1) is 18.7 Å². The molecule has 5 nitrogen and oxygen atoms in total. The minimum Gasteiger partial charge on any atom is -0.365 e. The second-order valence-electron chi connectivity index (χ2n) is 6.51. The zero-order chi connectivity index (χ0) is 18.2. The molecule has 3 rings (SSSR count). The van der Waals surface area contributed by atoms with Crippen LogP contribution in [-0.2, 0) is 14.6 Å². The van der Waals surface area contributed by atoms with Crippen LogP contribution in [0.25, 0.3) is 0 Å². The lowest BCUT2D eigenvalue weighted by Crippen LogP contribution is -2.20. The highest BCUT2D eigenvalue weighted by atomic mass is 35.5. The Labute approximate surface area is 151 Å². The van der Waals surface area contributed by atoms with Crippen LogP contribution in [0.5, 0.6) is 0 Å². The topological polar surface area (TPSA) is 72.0 Å². The van der Waals surface area contributed by atoms with Crippen molar-refractivity contribution in [1.29, 1.82) is 0 Å². The number of nitrogens with one attached hydrogen (secondary N) is 1. The van der Waals surface area contributed by atoms with Gasteiger partial charge >= 0.3 is 0 Å². The molecule has 1 aliphatic rings. The third-order valence-electron chi connectivity index (χ3n) is 4.43. The van der Waals surface area contributed by atoms with E-state index in [4.69, 9.17) is 16.3 Å². The van der Waals surface area contributed by atoms with Gasteiger partial charge in [0.15, 0.2) is 14.9 Å². The summed E-state index contributed by atoms with van der Waals surface area (Å²) in [7, 11) is -3.45. The summed E-state index contributed by atoms with van der Waals surface area (Å²) < 4.78 is 43.2. The number of benzene rings is 1. The Morgan fingerprint density at radius 1 is 1.44 bits per heavy atom. The van der Waals surface area contributed by atoms with Crippen molar-refractivity contribution >= 4 is 21.4 Å². The first-order valence-corrected chi connectivity index (χ1v) is 10.4. The Kier molecular flexibility index (Phi) is 5.18. The van der Waals surface area contributed by atoms with E-state index in [1.54, 1.807) is 13.0 Å². The van der Waals surface area contributed by atoms with Gasteiger partial charge in [0.1, 0.15) is 17.7 Å². The molecular formula is C17H20ClFN2O3S. The lowest BCUT2D eigenvalue weighted by Gasteiger charge is -2.27. The summed E-state index contributed by atoms with van der Waals surface area (Å²) >= 11 is 5.90. The van der Waals surface area contributed by atoms with Gasteiger partial charge in [-0.3, -0.25) is 0 Å². The van der Waals surface area contributed by atoms with E-state index in [1.807, 2.05) is 0 Å². The molecule has 1 unspecified atom stereocenters. The maximum absolute atomic E-state index is 13.5. The van der Waals surface area contributed by atoms with Crippen LogP contribution in [0.15, 0.2) is 23.2 Å². The number of aryl methyl sites for hydroxylation is 1. The Balaban J connectivity index is 1.96. The molecule has 0 bridgehead atoms. The van der Waals surface area contributed by atoms with E-state index in [0.717, 1.165) is 19.1 Å². The van der Waals surface area contributed by atoms with Crippen molar-refractivity contribution in [2.45, 2.75) is 37.3 Å². The number of hydrogen-bond donors (Lipinski definition) is 1. The van der Waals surface area contributed by atoms with E-state index < -0.39 is 21.8 Å². The van der Waals surface area contributed by atoms with Crippen molar-refractivity contribution in [3.63, 3.8) is 0 Å². The molecular weight excluding hydrogens is 367 g/mol. The molecule has 0 radical (unpaired) electrons. The first kappa shape index (κ1) is 18.4. The predicted molar refractivity (Wildman–Crippen MR) is 93.0 cm³/mol. The van der Waals surface area contributed by atoms with Crippen LogP contribution in [0.1, 0.15) is 42.4 Å². The fraction of sp³-hybridized carbons (Fsp3) is 0.471. The van der Waals surface area contributed by atoms with Gasteiger partial charge in [-0.05, 0) is 43.4 Å². The summed E-state index contributed by atoms with van der Waals surface area (Å²) in [5.41, 5.74) is 1.07. The van der Waals surface area contributed by atoms with Crippen LogP contribution in [0.3, 0.4) is 0 Å². The molecule has 0 amide bonds. The summed E-state index contributed by atoms with van der Waals surface area (Å²) in [6.07, 6.45) is 3.90. The van der Waals surface area contributed by atoms with E-state index in [9.17, 15) is 12.8 Å². The van der Waals surface area contributed by atoms with Crippen LogP contribution in [0.4, 0.5) is 4.39 Å². The molecule has 8 heteroatoms. The summed E-state index contributed by atoms with van der Waals surface area (Å²) in [6.45, 7) is 2.18. The van der Waals surface area contributed by atoms with Crippen molar-refractivity contribution in [1.82, 2.24) is 9.97 Å². The highest BCUT2D eigenvalue weighted by Gasteiger charge is 2.26. The van der Waals surface area contributed by atoms with Gasteiger partial charge in [0, 0.05) is 6.26 Å². The fourth-order valence-corrected chi connectivity index (χ4v) is 3.91. The van der Waals surface area contributed by atoms with Crippen LogP contribution in [-0.4, -0.2) is 31.2 Å². The predicted octanol–water partition coefficient (Wildman–Crippen LogP) is 3.82. The molecule has 0 aliphatic heterocycles. The first-order chi connectivity index (χ1) is 11.8. The zero-order valence-electron chi connectivity index (χ0n) is 14.1. The molecule has 1 fully saturated rings. The zero-order valence-corrected chi connectivity index (χ0v) is 15.6. The van der Waals surface area contributed by atoms with Gasteiger partial charge in [0.2, 0.25) is 0 Å². The van der Waals surface area contributed by atoms with Crippen LogP contribution < -0.4 is 0 Å². The third kappa shape index (κ3) is 4.04. The Morgan fingerprint density at radius 3 is 2.68 bits per heavy atom. The summed E-state index contributed by atoms with van der Waals surface area (Å²) in [5.74, 6) is 0.347. The molecule has 1 aromatic carbocycles.